The van der Waals surface area contributed by atoms with Crippen molar-refractivity contribution in [1.29, 1.82) is 0 Å². The summed E-state index contributed by atoms with van der Waals surface area (Å²) >= 11 is 0. The first kappa shape index (κ1) is 9.54. The molecule has 0 saturated carbocycles. The summed E-state index contributed by atoms with van der Waals surface area (Å²) < 4.78 is 29.1. The number of halogens is 2. The molecule has 5 heteroatoms. The molecule has 0 aliphatic carbocycles. The molecule has 1 aliphatic heterocycles. The summed E-state index contributed by atoms with van der Waals surface area (Å²) in [5.74, 6) is -0.182. The van der Waals surface area contributed by atoms with E-state index in [-0.39, 0.29) is 18.9 Å². The monoisotopic (exact) mass is 179 g/mol. The summed E-state index contributed by atoms with van der Waals surface area (Å²) in [7, 11) is 0. The van der Waals surface area contributed by atoms with Crippen LogP contribution >= 0.6 is 0 Å². The Balaban J connectivity index is 2.54. The molecule has 2 atom stereocenters. The van der Waals surface area contributed by atoms with Gasteiger partial charge in [0, 0.05) is 6.54 Å². The number of nitrogens with one attached hydrogen (secondary N) is 1. The highest BCUT2D eigenvalue weighted by Crippen LogP contribution is 2.10. The van der Waals surface area contributed by atoms with Crippen molar-refractivity contribution in [2.24, 2.45) is 0 Å². The van der Waals surface area contributed by atoms with Crippen molar-refractivity contribution in [3.8, 4) is 0 Å². The molecule has 1 rings (SSSR count). The van der Waals surface area contributed by atoms with Crippen LogP contribution in [0.1, 0.15) is 6.92 Å². The van der Waals surface area contributed by atoms with Crippen LogP contribution in [-0.4, -0.2) is 37.5 Å². The molecular weight excluding hydrogens is 168 g/mol. The van der Waals surface area contributed by atoms with Crippen LogP contribution in [0.2, 0.25) is 0 Å². The first-order chi connectivity index (χ1) is 5.61. The van der Waals surface area contributed by atoms with Gasteiger partial charge in [-0.1, -0.05) is 0 Å². The minimum atomic E-state index is -2.54. The third kappa shape index (κ3) is 2.22. The third-order valence-electron chi connectivity index (χ3n) is 1.76. The first-order valence-electron chi connectivity index (χ1n) is 3.78. The maximum absolute atomic E-state index is 12.1. The summed E-state index contributed by atoms with van der Waals surface area (Å²) in [4.78, 5) is 10.9. The Bertz CT molecular complexity index is 175. The lowest BCUT2D eigenvalue weighted by molar-refractivity contribution is -0.134. The summed E-state index contributed by atoms with van der Waals surface area (Å²) in [6.07, 6.45) is -4.42. The van der Waals surface area contributed by atoms with Gasteiger partial charge >= 0.3 is 0 Å². The molecule has 1 heterocycles. The number of ketones is 1. The summed E-state index contributed by atoms with van der Waals surface area (Å²) in [6.45, 7) is 1.64. The van der Waals surface area contributed by atoms with Crippen molar-refractivity contribution in [2.75, 3.05) is 13.1 Å². The van der Waals surface area contributed by atoms with Gasteiger partial charge < -0.3 is 10.1 Å². The molecule has 1 fully saturated rings. The lowest BCUT2D eigenvalue weighted by Crippen LogP contribution is -2.32. The topological polar surface area (TPSA) is 38.3 Å². The molecule has 0 amide bonds. The first-order valence-corrected chi connectivity index (χ1v) is 3.78. The Kier molecular flexibility index (Phi) is 3.11. The Hall–Kier alpha value is -0.550. The van der Waals surface area contributed by atoms with Gasteiger partial charge in [-0.25, -0.2) is 8.78 Å². The Morgan fingerprint density at radius 3 is 2.92 bits per heavy atom. The van der Waals surface area contributed by atoms with Gasteiger partial charge in [0.05, 0.1) is 6.54 Å². The lowest BCUT2D eigenvalue weighted by Gasteiger charge is -2.16. The van der Waals surface area contributed by atoms with Crippen LogP contribution in [0.25, 0.3) is 0 Å². The second-order valence-corrected chi connectivity index (χ2v) is 2.75. The van der Waals surface area contributed by atoms with Crippen LogP contribution in [0.15, 0.2) is 0 Å². The van der Waals surface area contributed by atoms with Crippen LogP contribution in [0.4, 0.5) is 8.78 Å². The average molecular weight is 179 g/mol. The van der Waals surface area contributed by atoms with Crippen molar-refractivity contribution in [3.05, 3.63) is 0 Å². The van der Waals surface area contributed by atoms with E-state index >= 15 is 0 Å². The highest BCUT2D eigenvalue weighted by atomic mass is 19.3. The predicted molar refractivity (Wildman–Crippen MR) is 38.2 cm³/mol. The Labute approximate surface area is 69.1 Å². The molecule has 0 spiro atoms. The molecule has 2 unspecified atom stereocenters. The van der Waals surface area contributed by atoms with E-state index in [1.807, 2.05) is 0 Å². The number of rotatable bonds is 1. The van der Waals surface area contributed by atoms with E-state index in [9.17, 15) is 13.6 Å². The zero-order valence-corrected chi connectivity index (χ0v) is 6.72. The van der Waals surface area contributed by atoms with E-state index < -0.39 is 18.6 Å². The summed E-state index contributed by atoms with van der Waals surface area (Å²) in [6, 6.07) is 0. The van der Waals surface area contributed by atoms with Crippen molar-refractivity contribution >= 4 is 5.78 Å². The fourth-order valence-electron chi connectivity index (χ4n) is 1.02. The molecule has 70 valence electrons. The smallest absolute Gasteiger partial charge is 0.265 e. The van der Waals surface area contributed by atoms with Crippen molar-refractivity contribution in [1.82, 2.24) is 5.32 Å². The van der Waals surface area contributed by atoms with Crippen LogP contribution in [0.5, 0.6) is 0 Å². The molecule has 0 aromatic carbocycles. The van der Waals surface area contributed by atoms with Gasteiger partial charge in [0.1, 0.15) is 12.2 Å². The standard InChI is InChI=1S/C7H11F2NO2/c1-4-5(11)2-10-3-6(12-4)7(8)9/h4,6-7,10H,2-3H2,1H3. The SMILES string of the molecule is CC1OC(C(F)F)CNCC1=O. The van der Waals surface area contributed by atoms with E-state index in [0.717, 1.165) is 0 Å². The Morgan fingerprint density at radius 2 is 2.33 bits per heavy atom. The summed E-state index contributed by atoms with van der Waals surface area (Å²) in [5, 5.41) is 2.60. The van der Waals surface area contributed by atoms with E-state index in [4.69, 9.17) is 4.74 Å². The number of carbonyl (C=O) groups is 1. The normalized spacial score (nSPS) is 32.2. The number of ether oxygens (including phenoxy) is 1. The van der Waals surface area contributed by atoms with Gasteiger partial charge in [-0.3, -0.25) is 4.79 Å². The molecule has 12 heavy (non-hydrogen) atoms. The predicted octanol–water partition coefficient (Wildman–Crippen LogP) is 0.197. The maximum Gasteiger partial charge on any atom is 0.265 e. The van der Waals surface area contributed by atoms with Crippen LogP contribution in [0, 0.1) is 0 Å². The minimum absolute atomic E-state index is 0.0355. The second-order valence-electron chi connectivity index (χ2n) is 2.75. The zero-order valence-electron chi connectivity index (χ0n) is 6.72. The number of alkyl halides is 2. The zero-order chi connectivity index (χ0) is 9.14. The van der Waals surface area contributed by atoms with Gasteiger partial charge in [0.2, 0.25) is 0 Å². The van der Waals surface area contributed by atoms with Crippen LogP contribution in [0.3, 0.4) is 0 Å². The van der Waals surface area contributed by atoms with E-state index in [1.54, 1.807) is 0 Å². The highest BCUT2D eigenvalue weighted by Gasteiger charge is 2.28. The highest BCUT2D eigenvalue weighted by molar-refractivity contribution is 5.84. The van der Waals surface area contributed by atoms with Crippen molar-refractivity contribution in [2.45, 2.75) is 25.6 Å². The quantitative estimate of drug-likeness (QED) is 0.624. The maximum atomic E-state index is 12.1. The molecule has 0 radical (unpaired) electrons. The number of Topliss-reactive ketones (excluding diaryl/α,β-unsaturated/α-hetero) is 1. The largest absolute Gasteiger partial charge is 0.360 e. The fraction of sp³-hybridized carbons (Fsp3) is 0.857. The number of hydrogen-bond acceptors (Lipinski definition) is 3. The van der Waals surface area contributed by atoms with Crippen LogP contribution < -0.4 is 5.32 Å². The van der Waals surface area contributed by atoms with Gasteiger partial charge in [-0.15, -0.1) is 0 Å². The molecule has 1 saturated heterocycles. The lowest BCUT2D eigenvalue weighted by atomic mass is 10.2. The number of hydrogen-bond donors (Lipinski definition) is 1. The molecule has 0 bridgehead atoms. The van der Waals surface area contributed by atoms with E-state index in [0.29, 0.717) is 0 Å². The summed E-state index contributed by atoms with van der Waals surface area (Å²) in [5.41, 5.74) is 0. The van der Waals surface area contributed by atoms with Gasteiger partial charge in [-0.05, 0) is 6.92 Å². The molecule has 0 aromatic rings. The fourth-order valence-corrected chi connectivity index (χ4v) is 1.02. The third-order valence-corrected chi connectivity index (χ3v) is 1.76. The minimum Gasteiger partial charge on any atom is -0.360 e. The molecule has 1 aliphatic rings. The van der Waals surface area contributed by atoms with E-state index in [2.05, 4.69) is 5.32 Å². The Morgan fingerprint density at radius 1 is 1.67 bits per heavy atom. The second kappa shape index (κ2) is 3.91. The van der Waals surface area contributed by atoms with Gasteiger partial charge in [0.25, 0.3) is 6.43 Å². The van der Waals surface area contributed by atoms with Gasteiger partial charge in [0.15, 0.2) is 5.78 Å². The van der Waals surface area contributed by atoms with Crippen molar-refractivity contribution in [3.63, 3.8) is 0 Å². The average Bonchev–Trinajstić information content (AvgIpc) is 2.15. The molecular formula is C7H11F2NO2. The number of carbonyl (C=O) groups excluding carboxylic acids is 1. The molecule has 0 aromatic heterocycles. The molecule has 3 nitrogen and oxygen atoms in total. The van der Waals surface area contributed by atoms with E-state index in [1.165, 1.54) is 6.92 Å². The van der Waals surface area contributed by atoms with Crippen molar-refractivity contribution < 1.29 is 18.3 Å². The molecule has 1 N–H and O–H groups in total. The van der Waals surface area contributed by atoms with Gasteiger partial charge in [-0.2, -0.15) is 0 Å². The van der Waals surface area contributed by atoms with Crippen LogP contribution in [-0.2, 0) is 9.53 Å².